The maximum atomic E-state index is 4.87. The van der Waals surface area contributed by atoms with Crippen molar-refractivity contribution in [3.63, 3.8) is 0 Å². The molecule has 30 heavy (non-hydrogen) atoms. The molecule has 0 amide bonds. The summed E-state index contributed by atoms with van der Waals surface area (Å²) in [5, 5.41) is 12.1. The van der Waals surface area contributed by atoms with Crippen molar-refractivity contribution >= 4 is 11.5 Å². The average Bonchev–Trinajstić information content (AvgIpc) is 3.22. The maximum absolute atomic E-state index is 4.87. The minimum atomic E-state index is 0.701. The molecule has 2 aliphatic heterocycles. The minimum absolute atomic E-state index is 0.701. The monoisotopic (exact) mass is 400 g/mol. The van der Waals surface area contributed by atoms with E-state index in [1.165, 1.54) is 43.4 Å². The SMILES string of the molecule is c1cnc2c(c1)-c1nn(-c3ccc(N4CCC(NC5CCC5)CC4)cc3)cc1CN2. The van der Waals surface area contributed by atoms with Crippen molar-refractivity contribution in [2.24, 2.45) is 0 Å². The van der Waals surface area contributed by atoms with Crippen LogP contribution in [0.5, 0.6) is 0 Å². The first-order valence-corrected chi connectivity index (χ1v) is 11.2. The van der Waals surface area contributed by atoms with E-state index in [1.54, 1.807) is 0 Å². The van der Waals surface area contributed by atoms with E-state index in [1.807, 2.05) is 16.9 Å². The molecule has 0 spiro atoms. The second-order valence-corrected chi connectivity index (χ2v) is 8.77. The Balaban J connectivity index is 1.15. The molecule has 1 aromatic carbocycles. The van der Waals surface area contributed by atoms with Crippen LogP contribution in [0.15, 0.2) is 48.8 Å². The summed E-state index contributed by atoms with van der Waals surface area (Å²) in [7, 11) is 0. The molecule has 0 unspecified atom stereocenters. The van der Waals surface area contributed by atoms with Gasteiger partial charge in [0.05, 0.1) is 5.69 Å². The fourth-order valence-electron chi connectivity index (χ4n) is 4.84. The van der Waals surface area contributed by atoms with Gasteiger partial charge in [0.15, 0.2) is 0 Å². The lowest BCUT2D eigenvalue weighted by atomic mass is 9.91. The van der Waals surface area contributed by atoms with E-state index in [-0.39, 0.29) is 0 Å². The number of fused-ring (bicyclic) bond motifs is 3. The number of anilines is 2. The second-order valence-electron chi connectivity index (χ2n) is 8.77. The van der Waals surface area contributed by atoms with Crippen molar-refractivity contribution in [1.29, 1.82) is 0 Å². The van der Waals surface area contributed by atoms with E-state index in [0.717, 1.165) is 48.4 Å². The zero-order valence-electron chi connectivity index (χ0n) is 17.2. The van der Waals surface area contributed by atoms with E-state index in [0.29, 0.717) is 6.04 Å². The summed E-state index contributed by atoms with van der Waals surface area (Å²) in [5.41, 5.74) is 5.73. The Morgan fingerprint density at radius 3 is 2.47 bits per heavy atom. The number of nitrogens with one attached hydrogen (secondary N) is 2. The Morgan fingerprint density at radius 2 is 1.70 bits per heavy atom. The summed E-state index contributed by atoms with van der Waals surface area (Å²) in [6, 6.07) is 14.4. The van der Waals surface area contributed by atoms with Gasteiger partial charge in [-0.25, -0.2) is 9.67 Å². The van der Waals surface area contributed by atoms with E-state index in [4.69, 9.17) is 5.10 Å². The van der Waals surface area contributed by atoms with Crippen LogP contribution in [-0.2, 0) is 6.54 Å². The van der Waals surface area contributed by atoms with Gasteiger partial charge in [-0.05, 0) is 62.1 Å². The van der Waals surface area contributed by atoms with E-state index in [2.05, 4.69) is 57.0 Å². The largest absolute Gasteiger partial charge is 0.371 e. The molecule has 3 aromatic rings. The lowest BCUT2D eigenvalue weighted by molar-refractivity contribution is 0.280. The predicted molar refractivity (Wildman–Crippen MR) is 120 cm³/mol. The van der Waals surface area contributed by atoms with Crippen molar-refractivity contribution in [2.45, 2.75) is 50.7 Å². The van der Waals surface area contributed by atoms with Crippen LogP contribution in [0.25, 0.3) is 16.9 Å². The summed E-state index contributed by atoms with van der Waals surface area (Å²) >= 11 is 0. The van der Waals surface area contributed by atoms with Crippen LogP contribution in [0.1, 0.15) is 37.7 Å². The van der Waals surface area contributed by atoms with Gasteiger partial charge in [-0.3, -0.25) is 0 Å². The quantitative estimate of drug-likeness (QED) is 0.694. The number of hydrogen-bond acceptors (Lipinski definition) is 5. The highest BCUT2D eigenvalue weighted by Gasteiger charge is 2.25. The van der Waals surface area contributed by atoms with Crippen molar-refractivity contribution in [3.05, 3.63) is 54.4 Å². The molecule has 1 saturated carbocycles. The van der Waals surface area contributed by atoms with E-state index in [9.17, 15) is 0 Å². The topological polar surface area (TPSA) is 58.0 Å². The summed E-state index contributed by atoms with van der Waals surface area (Å²) in [4.78, 5) is 6.94. The molecule has 3 aliphatic rings. The summed E-state index contributed by atoms with van der Waals surface area (Å²) < 4.78 is 1.99. The van der Waals surface area contributed by atoms with E-state index >= 15 is 0 Å². The van der Waals surface area contributed by atoms with Crippen molar-refractivity contribution in [3.8, 4) is 16.9 Å². The standard InChI is InChI=1S/C24H28N6/c1-3-18(4-1)27-19-10-13-29(14-11-19)20-6-8-21(9-7-20)30-16-17-15-26-24-22(23(17)28-30)5-2-12-25-24/h2,5-9,12,16,18-19,27H,1,3-4,10-11,13-15H2,(H,25,26). The van der Waals surface area contributed by atoms with Crippen LogP contribution in [0.2, 0.25) is 0 Å². The van der Waals surface area contributed by atoms with Gasteiger partial charge in [0, 0.05) is 60.9 Å². The van der Waals surface area contributed by atoms with Crippen LogP contribution in [0.4, 0.5) is 11.5 Å². The maximum Gasteiger partial charge on any atom is 0.135 e. The van der Waals surface area contributed by atoms with Gasteiger partial charge in [0.2, 0.25) is 0 Å². The molecule has 1 saturated heterocycles. The van der Waals surface area contributed by atoms with Crippen molar-refractivity contribution in [2.75, 3.05) is 23.3 Å². The van der Waals surface area contributed by atoms with E-state index < -0.39 is 0 Å². The second kappa shape index (κ2) is 7.43. The van der Waals surface area contributed by atoms with Crippen molar-refractivity contribution in [1.82, 2.24) is 20.1 Å². The lowest BCUT2D eigenvalue weighted by Gasteiger charge is -2.38. The van der Waals surface area contributed by atoms with Crippen LogP contribution >= 0.6 is 0 Å². The highest BCUT2D eigenvalue weighted by atomic mass is 15.3. The van der Waals surface area contributed by atoms with Gasteiger partial charge in [-0.2, -0.15) is 5.10 Å². The zero-order chi connectivity index (χ0) is 19.9. The highest BCUT2D eigenvalue weighted by Crippen LogP contribution is 2.33. The van der Waals surface area contributed by atoms with Crippen LogP contribution in [-0.4, -0.2) is 39.9 Å². The minimum Gasteiger partial charge on any atom is -0.371 e. The Kier molecular flexibility index (Phi) is 4.45. The first kappa shape index (κ1) is 18.0. The third-order valence-electron chi connectivity index (χ3n) is 6.85. The Bertz CT molecular complexity index is 1030. The number of rotatable bonds is 4. The van der Waals surface area contributed by atoms with Gasteiger partial charge in [0.1, 0.15) is 11.5 Å². The third kappa shape index (κ3) is 3.25. The molecular weight excluding hydrogens is 372 g/mol. The van der Waals surface area contributed by atoms with Crippen LogP contribution in [0.3, 0.4) is 0 Å². The Hall–Kier alpha value is -2.86. The normalized spacial score (nSPS) is 19.0. The number of benzene rings is 1. The molecular formula is C24H28N6. The van der Waals surface area contributed by atoms with Gasteiger partial charge in [-0.1, -0.05) is 6.42 Å². The molecule has 6 nitrogen and oxygen atoms in total. The fourth-order valence-corrected chi connectivity index (χ4v) is 4.84. The first-order valence-electron chi connectivity index (χ1n) is 11.2. The molecule has 4 heterocycles. The number of aromatic nitrogens is 3. The highest BCUT2D eigenvalue weighted by molar-refractivity contribution is 5.77. The number of piperidine rings is 1. The molecule has 2 fully saturated rings. The van der Waals surface area contributed by atoms with Crippen LogP contribution < -0.4 is 15.5 Å². The van der Waals surface area contributed by atoms with Crippen LogP contribution in [0, 0.1) is 0 Å². The van der Waals surface area contributed by atoms with Gasteiger partial charge < -0.3 is 15.5 Å². The summed E-state index contributed by atoms with van der Waals surface area (Å²) in [6.07, 6.45) is 10.6. The summed E-state index contributed by atoms with van der Waals surface area (Å²) in [5.74, 6) is 0.917. The molecule has 154 valence electrons. The predicted octanol–water partition coefficient (Wildman–Crippen LogP) is 3.97. The zero-order valence-corrected chi connectivity index (χ0v) is 17.2. The Labute approximate surface area is 177 Å². The van der Waals surface area contributed by atoms with Gasteiger partial charge in [0.25, 0.3) is 0 Å². The van der Waals surface area contributed by atoms with Crippen molar-refractivity contribution < 1.29 is 0 Å². The molecule has 2 N–H and O–H groups in total. The molecule has 1 aliphatic carbocycles. The summed E-state index contributed by atoms with van der Waals surface area (Å²) in [6.45, 7) is 3.03. The smallest absolute Gasteiger partial charge is 0.135 e. The van der Waals surface area contributed by atoms with Gasteiger partial charge in [-0.15, -0.1) is 0 Å². The Morgan fingerprint density at radius 1 is 0.933 bits per heavy atom. The van der Waals surface area contributed by atoms with Gasteiger partial charge >= 0.3 is 0 Å². The lowest BCUT2D eigenvalue weighted by Crippen LogP contribution is -2.48. The average molecular weight is 401 g/mol. The molecule has 2 aromatic heterocycles. The molecule has 0 radical (unpaired) electrons. The molecule has 6 rings (SSSR count). The number of hydrogen-bond donors (Lipinski definition) is 2. The molecule has 0 bridgehead atoms. The number of pyridine rings is 1. The molecule has 0 atom stereocenters. The first-order chi connectivity index (χ1) is 14.8. The number of nitrogens with zero attached hydrogens (tertiary/aromatic N) is 4. The third-order valence-corrected chi connectivity index (χ3v) is 6.85. The fraction of sp³-hybridized carbons (Fsp3) is 0.417. The molecule has 6 heteroatoms.